The van der Waals surface area contributed by atoms with Crippen LogP contribution in [0.25, 0.3) is 22.1 Å². The summed E-state index contributed by atoms with van der Waals surface area (Å²) in [5, 5.41) is 21.3. The van der Waals surface area contributed by atoms with E-state index in [2.05, 4.69) is 19.9 Å². The lowest BCUT2D eigenvalue weighted by Gasteiger charge is -2.15. The van der Waals surface area contributed by atoms with Gasteiger partial charge in [0.1, 0.15) is 37.4 Å². The molecular weight excluding hydrogens is 632 g/mol. The van der Waals surface area contributed by atoms with E-state index in [4.69, 9.17) is 14.4 Å². The van der Waals surface area contributed by atoms with E-state index in [1.807, 2.05) is 74.5 Å². The van der Waals surface area contributed by atoms with Crippen LogP contribution in [0.2, 0.25) is 0 Å². The smallest absolute Gasteiger partial charge is 0.347 e. The summed E-state index contributed by atoms with van der Waals surface area (Å²) in [6, 6.07) is 19.9. The van der Waals surface area contributed by atoms with Crippen molar-refractivity contribution in [3.8, 4) is 11.5 Å². The van der Waals surface area contributed by atoms with Crippen molar-refractivity contribution in [2.45, 2.75) is 46.8 Å². The maximum absolute atomic E-state index is 12.9. The van der Waals surface area contributed by atoms with Crippen molar-refractivity contribution in [1.82, 2.24) is 29.4 Å². The molecule has 6 aromatic rings. The van der Waals surface area contributed by atoms with E-state index < -0.39 is 28.4 Å². The summed E-state index contributed by atoms with van der Waals surface area (Å²) in [7, 11) is 0. The number of aryl methyl sites for hydroxylation is 2. The summed E-state index contributed by atoms with van der Waals surface area (Å²) >= 11 is 0. The van der Waals surface area contributed by atoms with E-state index in [1.165, 1.54) is 12.7 Å². The molecule has 0 saturated heterocycles. The summed E-state index contributed by atoms with van der Waals surface area (Å²) in [4.78, 5) is 64.9. The van der Waals surface area contributed by atoms with E-state index in [-0.39, 0.29) is 42.3 Å². The Morgan fingerprint density at radius 1 is 0.714 bits per heavy atom. The Labute approximate surface area is 279 Å². The monoisotopic (exact) mass is 666 g/mol. The largest absolute Gasteiger partial charge is 0.507 e. The van der Waals surface area contributed by atoms with Crippen molar-refractivity contribution in [2.75, 3.05) is 6.61 Å². The highest BCUT2D eigenvalue weighted by molar-refractivity contribution is 5.99. The van der Waals surface area contributed by atoms with Crippen LogP contribution >= 0.6 is 0 Å². The van der Waals surface area contributed by atoms with Crippen LogP contribution in [0.4, 0.5) is 0 Å². The first-order valence-corrected chi connectivity index (χ1v) is 15.5. The highest BCUT2D eigenvalue weighted by Crippen LogP contribution is 2.28. The fourth-order valence-corrected chi connectivity index (χ4v) is 5.01. The predicted octanol–water partition coefficient (Wildman–Crippen LogP) is 3.55. The summed E-state index contributed by atoms with van der Waals surface area (Å²) in [6.45, 7) is 5.74. The molecule has 14 heteroatoms. The molecule has 0 aliphatic carbocycles. The second-order valence-electron chi connectivity index (χ2n) is 10.5. The van der Waals surface area contributed by atoms with E-state index in [9.17, 15) is 24.6 Å². The van der Waals surface area contributed by atoms with Crippen molar-refractivity contribution < 1.29 is 29.4 Å². The zero-order valence-corrected chi connectivity index (χ0v) is 27.1. The number of hydrogen-bond acceptors (Lipinski definition) is 12. The van der Waals surface area contributed by atoms with Crippen molar-refractivity contribution in [1.29, 1.82) is 0 Å². The zero-order valence-electron chi connectivity index (χ0n) is 27.1. The molecule has 252 valence electrons. The van der Waals surface area contributed by atoms with Crippen LogP contribution in [-0.2, 0) is 30.8 Å². The number of rotatable bonds is 10. The lowest BCUT2D eigenvalue weighted by molar-refractivity contribution is 0.0507. The van der Waals surface area contributed by atoms with Gasteiger partial charge >= 0.3 is 11.5 Å². The molecule has 4 aromatic heterocycles. The number of nitrogens with zero attached hydrogens (tertiary/aromatic N) is 6. The van der Waals surface area contributed by atoms with Gasteiger partial charge in [-0.3, -0.25) is 9.59 Å². The van der Waals surface area contributed by atoms with Crippen molar-refractivity contribution >= 4 is 28.0 Å². The molecule has 0 fully saturated rings. The van der Waals surface area contributed by atoms with E-state index in [0.29, 0.717) is 29.6 Å². The number of aromatic hydroxyl groups is 2. The molecule has 0 aliphatic rings. The standard InChI is InChI=1S/C19H19N3O5.C16H15N3O3/c1-3-13-14-16(23)15(19(25)26-4-2)18(24)22(17(14)21-11-20-13)27-10-12-8-6-5-7-9-12;1-2-12-15-13(20)8-14(21)19(16(15)18-10-17-12)22-9-11-6-4-3-5-7-11/h5-9,11,23H,3-4,10H2,1-2H3;3-8,10,20H,2,9H2,1H3. The molecule has 14 nitrogen and oxygen atoms in total. The minimum absolute atomic E-state index is 0.0621. The highest BCUT2D eigenvalue weighted by atomic mass is 16.7. The molecule has 0 spiro atoms. The summed E-state index contributed by atoms with van der Waals surface area (Å²) in [6.07, 6.45) is 3.73. The van der Waals surface area contributed by atoms with Gasteiger partial charge in [0.25, 0.3) is 5.56 Å². The molecule has 49 heavy (non-hydrogen) atoms. The van der Waals surface area contributed by atoms with Crippen LogP contribution in [0, 0.1) is 0 Å². The third-order valence-electron chi connectivity index (χ3n) is 7.34. The Bertz CT molecular complexity index is 2210. The van der Waals surface area contributed by atoms with Crippen LogP contribution in [0.5, 0.6) is 11.5 Å². The van der Waals surface area contributed by atoms with Gasteiger partial charge in [0.05, 0.1) is 28.8 Å². The Morgan fingerprint density at radius 3 is 1.76 bits per heavy atom. The fourth-order valence-electron chi connectivity index (χ4n) is 5.01. The highest BCUT2D eigenvalue weighted by Gasteiger charge is 2.26. The average molecular weight is 667 g/mol. The van der Waals surface area contributed by atoms with Gasteiger partial charge in [-0.1, -0.05) is 74.5 Å². The molecule has 0 bridgehead atoms. The maximum Gasteiger partial charge on any atom is 0.347 e. The van der Waals surface area contributed by atoms with Crippen LogP contribution in [-0.4, -0.2) is 52.2 Å². The number of benzene rings is 2. The lowest BCUT2D eigenvalue weighted by atomic mass is 10.1. The number of hydrogen-bond donors (Lipinski definition) is 2. The Balaban J connectivity index is 0.000000195. The maximum atomic E-state index is 12.9. The van der Waals surface area contributed by atoms with Gasteiger partial charge in [0.2, 0.25) is 0 Å². The molecular formula is C35H34N6O8. The molecule has 6 rings (SSSR count). The number of pyridine rings is 2. The average Bonchev–Trinajstić information content (AvgIpc) is 3.12. The minimum atomic E-state index is -0.926. The molecule has 0 aliphatic heterocycles. The van der Waals surface area contributed by atoms with Gasteiger partial charge in [-0.05, 0) is 30.9 Å². The minimum Gasteiger partial charge on any atom is -0.507 e. The van der Waals surface area contributed by atoms with Crippen LogP contribution in [0.15, 0.2) is 89.0 Å². The van der Waals surface area contributed by atoms with Gasteiger partial charge in [-0.2, -0.15) is 0 Å². The van der Waals surface area contributed by atoms with Crippen molar-refractivity contribution in [2.24, 2.45) is 0 Å². The third kappa shape index (κ3) is 7.32. The lowest BCUT2D eigenvalue weighted by Crippen LogP contribution is -2.33. The number of esters is 1. The topological polar surface area (TPSA) is 181 Å². The van der Waals surface area contributed by atoms with E-state index in [1.54, 1.807) is 6.92 Å². The quantitative estimate of drug-likeness (QED) is 0.203. The van der Waals surface area contributed by atoms with Crippen LogP contribution in [0.3, 0.4) is 0 Å². The number of carbonyl (C=O) groups is 1. The number of carbonyl (C=O) groups excluding carboxylic acids is 1. The molecule has 2 aromatic carbocycles. The van der Waals surface area contributed by atoms with E-state index in [0.717, 1.165) is 26.7 Å². The molecule has 2 N–H and O–H groups in total. The van der Waals surface area contributed by atoms with Gasteiger partial charge < -0.3 is 24.6 Å². The van der Waals surface area contributed by atoms with Gasteiger partial charge in [-0.25, -0.2) is 24.7 Å². The summed E-state index contributed by atoms with van der Waals surface area (Å²) in [5.41, 5.74) is 1.47. The summed E-state index contributed by atoms with van der Waals surface area (Å²) < 4.78 is 6.93. The predicted molar refractivity (Wildman–Crippen MR) is 179 cm³/mol. The molecule has 4 heterocycles. The first-order chi connectivity index (χ1) is 23.8. The molecule has 0 amide bonds. The van der Waals surface area contributed by atoms with Gasteiger partial charge in [-0.15, -0.1) is 9.46 Å². The first kappa shape index (κ1) is 34.0. The molecule has 0 atom stereocenters. The number of fused-ring (bicyclic) bond motifs is 2. The second-order valence-corrected chi connectivity index (χ2v) is 10.5. The molecule has 0 unspecified atom stereocenters. The second kappa shape index (κ2) is 15.5. The van der Waals surface area contributed by atoms with Crippen LogP contribution < -0.4 is 20.8 Å². The summed E-state index contributed by atoms with van der Waals surface area (Å²) in [5.74, 6) is -1.55. The fraction of sp³-hybridized carbons (Fsp3) is 0.229. The number of ether oxygens (including phenoxy) is 1. The normalized spacial score (nSPS) is 10.8. The van der Waals surface area contributed by atoms with Crippen LogP contribution in [0.1, 0.15) is 53.6 Å². The SMILES string of the molecule is CCOC(=O)c1c(O)c2c(CC)ncnc2n(OCc2ccccc2)c1=O.CCc1ncnc2c1c(O)cc(=O)n2OCc1ccccc1. The first-order valence-electron chi connectivity index (χ1n) is 15.5. The van der Waals surface area contributed by atoms with Gasteiger partial charge in [0.15, 0.2) is 16.9 Å². The van der Waals surface area contributed by atoms with Crippen molar-refractivity contribution in [3.63, 3.8) is 0 Å². The number of aromatic nitrogens is 6. The third-order valence-corrected chi connectivity index (χ3v) is 7.34. The zero-order chi connectivity index (χ0) is 34.9. The Hall–Kier alpha value is -6.31. The van der Waals surface area contributed by atoms with Crippen molar-refractivity contribution in [3.05, 3.63) is 128 Å². The van der Waals surface area contributed by atoms with Gasteiger partial charge in [0, 0.05) is 6.07 Å². The molecule has 0 saturated carbocycles. The Morgan fingerprint density at radius 2 is 1.22 bits per heavy atom. The Kier molecular flexibility index (Phi) is 10.8. The molecule has 0 radical (unpaired) electrons. The van der Waals surface area contributed by atoms with E-state index >= 15 is 0 Å².